The maximum atomic E-state index is 11.6. The molecule has 0 atom stereocenters. The Morgan fingerprint density at radius 2 is 2.05 bits per heavy atom. The first kappa shape index (κ1) is 14.3. The molecule has 0 saturated carbocycles. The minimum Gasteiger partial charge on any atom is -0.496 e. The second kappa shape index (κ2) is 5.49. The van der Waals surface area contributed by atoms with Crippen LogP contribution in [0.2, 0.25) is 0 Å². The van der Waals surface area contributed by atoms with Crippen molar-refractivity contribution in [1.29, 1.82) is 0 Å². The molecule has 0 N–H and O–H groups in total. The van der Waals surface area contributed by atoms with E-state index in [1.54, 1.807) is 7.11 Å². The lowest BCUT2D eigenvalue weighted by Crippen LogP contribution is -1.99. The van der Waals surface area contributed by atoms with Crippen molar-refractivity contribution in [2.45, 2.75) is 33.6 Å². The van der Waals surface area contributed by atoms with E-state index >= 15 is 0 Å². The Labute approximate surface area is 118 Å². The molecule has 0 aliphatic carbocycles. The van der Waals surface area contributed by atoms with E-state index in [-0.39, 0.29) is 5.78 Å². The number of hydrogen-bond donors (Lipinski definition) is 0. The Morgan fingerprint density at radius 3 is 2.60 bits per heavy atom. The van der Waals surface area contributed by atoms with Crippen LogP contribution in [0.3, 0.4) is 0 Å². The zero-order valence-corrected chi connectivity index (χ0v) is 12.5. The monoisotopic (exact) mass is 273 g/mol. The SMILES string of the molecule is COc1cc(C)c(-c2oncc2C(C)=O)cc1C(C)C. The van der Waals surface area contributed by atoms with Crippen LogP contribution in [0.1, 0.15) is 48.2 Å². The number of aryl methyl sites for hydroxylation is 1. The predicted molar refractivity (Wildman–Crippen MR) is 77.3 cm³/mol. The van der Waals surface area contributed by atoms with Crippen molar-refractivity contribution in [3.63, 3.8) is 0 Å². The summed E-state index contributed by atoms with van der Waals surface area (Å²) in [6, 6.07) is 3.99. The van der Waals surface area contributed by atoms with Gasteiger partial charge in [-0.25, -0.2) is 0 Å². The number of Topliss-reactive ketones (excluding diaryl/α,β-unsaturated/α-hetero) is 1. The fraction of sp³-hybridized carbons (Fsp3) is 0.375. The largest absolute Gasteiger partial charge is 0.496 e. The van der Waals surface area contributed by atoms with Gasteiger partial charge in [0, 0.05) is 5.56 Å². The van der Waals surface area contributed by atoms with Crippen LogP contribution in [0.25, 0.3) is 11.3 Å². The maximum absolute atomic E-state index is 11.6. The zero-order chi connectivity index (χ0) is 14.9. The molecule has 0 fully saturated rings. The molecule has 106 valence electrons. The standard InChI is InChI=1S/C16H19NO3/c1-9(2)12-7-13(10(3)6-15(12)19-5)16-14(11(4)18)8-17-20-16/h6-9H,1-5H3. The molecule has 20 heavy (non-hydrogen) atoms. The molecule has 0 amide bonds. The average molecular weight is 273 g/mol. The summed E-state index contributed by atoms with van der Waals surface area (Å²) in [6.07, 6.45) is 1.47. The molecule has 0 saturated heterocycles. The molecule has 2 rings (SSSR count). The average Bonchev–Trinajstić information content (AvgIpc) is 2.87. The van der Waals surface area contributed by atoms with Gasteiger partial charge in [-0.2, -0.15) is 0 Å². The van der Waals surface area contributed by atoms with Crippen LogP contribution >= 0.6 is 0 Å². The second-order valence-corrected chi connectivity index (χ2v) is 5.19. The van der Waals surface area contributed by atoms with Crippen LogP contribution in [0.15, 0.2) is 22.9 Å². The van der Waals surface area contributed by atoms with Crippen molar-refractivity contribution in [1.82, 2.24) is 5.16 Å². The number of methoxy groups -OCH3 is 1. The second-order valence-electron chi connectivity index (χ2n) is 5.19. The van der Waals surface area contributed by atoms with Gasteiger partial charge in [-0.3, -0.25) is 4.79 Å². The van der Waals surface area contributed by atoms with E-state index in [2.05, 4.69) is 19.0 Å². The Hall–Kier alpha value is -2.10. The summed E-state index contributed by atoms with van der Waals surface area (Å²) in [5.74, 6) is 1.64. The number of ketones is 1. The smallest absolute Gasteiger partial charge is 0.177 e. The van der Waals surface area contributed by atoms with E-state index in [0.717, 1.165) is 22.4 Å². The van der Waals surface area contributed by atoms with Crippen molar-refractivity contribution in [2.24, 2.45) is 0 Å². The third-order valence-corrected chi connectivity index (χ3v) is 3.39. The van der Waals surface area contributed by atoms with Gasteiger partial charge < -0.3 is 9.26 Å². The van der Waals surface area contributed by atoms with Crippen molar-refractivity contribution >= 4 is 5.78 Å². The number of aromatic nitrogens is 1. The molecule has 0 unspecified atom stereocenters. The molecule has 4 nitrogen and oxygen atoms in total. The minimum atomic E-state index is -0.0532. The fourth-order valence-corrected chi connectivity index (χ4v) is 2.26. The molecular formula is C16H19NO3. The summed E-state index contributed by atoms with van der Waals surface area (Å²) in [7, 11) is 1.66. The molecule has 0 bridgehead atoms. The van der Waals surface area contributed by atoms with Crippen molar-refractivity contribution in [2.75, 3.05) is 7.11 Å². The van der Waals surface area contributed by atoms with Crippen LogP contribution in [0, 0.1) is 6.92 Å². The molecule has 1 heterocycles. The van der Waals surface area contributed by atoms with E-state index in [1.807, 2.05) is 19.1 Å². The third-order valence-electron chi connectivity index (χ3n) is 3.39. The number of rotatable bonds is 4. The third kappa shape index (κ3) is 2.46. The highest BCUT2D eigenvalue weighted by Crippen LogP contribution is 2.35. The van der Waals surface area contributed by atoms with Gasteiger partial charge in [0.1, 0.15) is 5.75 Å². The lowest BCUT2D eigenvalue weighted by molar-refractivity contribution is 0.101. The first-order valence-corrected chi connectivity index (χ1v) is 6.60. The maximum Gasteiger partial charge on any atom is 0.177 e. The van der Waals surface area contributed by atoms with Crippen LogP contribution in [-0.4, -0.2) is 18.0 Å². The van der Waals surface area contributed by atoms with Gasteiger partial charge in [-0.05, 0) is 43.0 Å². The molecule has 0 spiro atoms. The lowest BCUT2D eigenvalue weighted by atomic mass is 9.94. The van der Waals surface area contributed by atoms with Crippen LogP contribution in [0.4, 0.5) is 0 Å². The number of carbonyl (C=O) groups is 1. The predicted octanol–water partition coefficient (Wildman–Crippen LogP) is 3.98. The molecule has 0 aliphatic heterocycles. The highest BCUT2D eigenvalue weighted by atomic mass is 16.5. The number of hydrogen-bond acceptors (Lipinski definition) is 4. The van der Waals surface area contributed by atoms with Gasteiger partial charge in [0.2, 0.25) is 0 Å². The van der Waals surface area contributed by atoms with Crippen molar-refractivity contribution in [3.05, 3.63) is 35.0 Å². The number of benzene rings is 1. The summed E-state index contributed by atoms with van der Waals surface area (Å²) in [6.45, 7) is 7.68. The van der Waals surface area contributed by atoms with E-state index in [4.69, 9.17) is 9.26 Å². The first-order valence-electron chi connectivity index (χ1n) is 6.60. The summed E-state index contributed by atoms with van der Waals surface area (Å²) in [5, 5.41) is 3.75. The topological polar surface area (TPSA) is 52.3 Å². The number of carbonyl (C=O) groups excluding carboxylic acids is 1. The Kier molecular flexibility index (Phi) is 3.93. The van der Waals surface area contributed by atoms with Gasteiger partial charge >= 0.3 is 0 Å². The lowest BCUT2D eigenvalue weighted by Gasteiger charge is -2.15. The van der Waals surface area contributed by atoms with E-state index in [9.17, 15) is 4.79 Å². The molecular weight excluding hydrogens is 254 g/mol. The first-order chi connectivity index (χ1) is 9.45. The number of ether oxygens (including phenoxy) is 1. The van der Waals surface area contributed by atoms with Crippen LogP contribution in [-0.2, 0) is 0 Å². The van der Waals surface area contributed by atoms with Crippen LogP contribution in [0.5, 0.6) is 5.75 Å². The summed E-state index contributed by atoms with van der Waals surface area (Å²) < 4.78 is 10.7. The molecule has 1 aromatic carbocycles. The van der Waals surface area contributed by atoms with Gasteiger partial charge in [-0.1, -0.05) is 19.0 Å². The van der Waals surface area contributed by atoms with Crippen LogP contribution < -0.4 is 4.74 Å². The van der Waals surface area contributed by atoms with Gasteiger partial charge in [0.25, 0.3) is 0 Å². The van der Waals surface area contributed by atoms with E-state index in [0.29, 0.717) is 17.2 Å². The summed E-state index contributed by atoms with van der Waals surface area (Å²) in [4.78, 5) is 11.6. The zero-order valence-electron chi connectivity index (χ0n) is 12.5. The Balaban J connectivity index is 2.65. The minimum absolute atomic E-state index is 0.0532. The Morgan fingerprint density at radius 1 is 1.35 bits per heavy atom. The highest BCUT2D eigenvalue weighted by Gasteiger charge is 2.19. The molecule has 4 heteroatoms. The number of nitrogens with zero attached hydrogens (tertiary/aromatic N) is 1. The van der Waals surface area contributed by atoms with E-state index in [1.165, 1.54) is 13.1 Å². The van der Waals surface area contributed by atoms with Gasteiger partial charge in [0.15, 0.2) is 11.5 Å². The van der Waals surface area contributed by atoms with Gasteiger partial charge in [-0.15, -0.1) is 0 Å². The summed E-state index contributed by atoms with van der Waals surface area (Å²) in [5.41, 5.74) is 3.47. The molecule has 0 radical (unpaired) electrons. The summed E-state index contributed by atoms with van der Waals surface area (Å²) >= 11 is 0. The molecule has 0 aliphatic rings. The van der Waals surface area contributed by atoms with Crippen molar-refractivity contribution < 1.29 is 14.1 Å². The Bertz CT molecular complexity index is 641. The van der Waals surface area contributed by atoms with Gasteiger partial charge in [0.05, 0.1) is 18.9 Å². The highest BCUT2D eigenvalue weighted by molar-refractivity contribution is 5.99. The fourth-order valence-electron chi connectivity index (χ4n) is 2.26. The van der Waals surface area contributed by atoms with E-state index < -0.39 is 0 Å². The molecule has 1 aromatic heterocycles. The normalized spacial score (nSPS) is 10.9. The molecule has 2 aromatic rings. The van der Waals surface area contributed by atoms with Crippen molar-refractivity contribution in [3.8, 4) is 17.1 Å². The quantitative estimate of drug-likeness (QED) is 0.790.